The van der Waals surface area contributed by atoms with Gasteiger partial charge in [-0.2, -0.15) is 0 Å². The Hall–Kier alpha value is -0.770. The molecule has 1 saturated heterocycles. The Bertz CT molecular complexity index is 309. The number of nitrogens with one attached hydrogen (secondary N) is 1. The molecule has 0 aromatic carbocycles. The van der Waals surface area contributed by atoms with Gasteiger partial charge in [-0.05, 0) is 31.6 Å². The van der Waals surface area contributed by atoms with Crippen LogP contribution in [0.5, 0.6) is 0 Å². The van der Waals surface area contributed by atoms with Crippen LogP contribution in [0.3, 0.4) is 0 Å². The molecule has 0 aromatic rings. The number of amides is 3. The molecule has 2 rings (SSSR count). The van der Waals surface area contributed by atoms with Crippen molar-refractivity contribution in [1.82, 2.24) is 10.2 Å². The summed E-state index contributed by atoms with van der Waals surface area (Å²) < 4.78 is 0. The zero-order valence-electron chi connectivity index (χ0n) is 9.95. The van der Waals surface area contributed by atoms with Crippen LogP contribution in [0.25, 0.3) is 0 Å². The topological polar surface area (TPSA) is 49.4 Å². The first-order valence-electron chi connectivity index (χ1n) is 6.39. The van der Waals surface area contributed by atoms with Crippen molar-refractivity contribution in [2.75, 3.05) is 12.4 Å². The molecule has 4 nitrogen and oxygen atoms in total. The Morgan fingerprint density at radius 2 is 2.00 bits per heavy atom. The van der Waals surface area contributed by atoms with Crippen molar-refractivity contribution in [1.29, 1.82) is 0 Å². The highest BCUT2D eigenvalue weighted by atomic mass is 35.5. The van der Waals surface area contributed by atoms with Gasteiger partial charge in [-0.25, -0.2) is 4.79 Å². The van der Waals surface area contributed by atoms with E-state index in [0.29, 0.717) is 12.0 Å². The van der Waals surface area contributed by atoms with Crippen molar-refractivity contribution in [2.45, 2.75) is 44.6 Å². The molecule has 17 heavy (non-hydrogen) atoms. The van der Waals surface area contributed by atoms with Crippen LogP contribution in [0.1, 0.15) is 38.5 Å². The van der Waals surface area contributed by atoms with Crippen LogP contribution in [0.15, 0.2) is 0 Å². The lowest BCUT2D eigenvalue weighted by Gasteiger charge is -2.37. The molecule has 1 aliphatic carbocycles. The van der Waals surface area contributed by atoms with Crippen LogP contribution in [-0.2, 0) is 4.79 Å². The minimum absolute atomic E-state index is 0.204. The molecule has 1 heterocycles. The fourth-order valence-electron chi connectivity index (χ4n) is 3.05. The molecule has 0 radical (unpaired) electrons. The number of rotatable bonds is 2. The number of hydrogen-bond donors (Lipinski definition) is 1. The highest BCUT2D eigenvalue weighted by molar-refractivity contribution is 6.19. The monoisotopic (exact) mass is 258 g/mol. The second-order valence-electron chi connectivity index (χ2n) is 4.89. The Morgan fingerprint density at radius 1 is 1.24 bits per heavy atom. The molecular weight excluding hydrogens is 240 g/mol. The third-order valence-corrected chi connectivity index (χ3v) is 4.01. The zero-order valence-corrected chi connectivity index (χ0v) is 10.7. The van der Waals surface area contributed by atoms with Gasteiger partial charge in [0.2, 0.25) is 5.91 Å². The van der Waals surface area contributed by atoms with Crippen LogP contribution in [0, 0.1) is 5.92 Å². The Morgan fingerprint density at radius 3 is 2.76 bits per heavy atom. The fourth-order valence-corrected chi connectivity index (χ4v) is 3.22. The lowest BCUT2D eigenvalue weighted by atomic mass is 9.92. The molecule has 3 amide bonds. The van der Waals surface area contributed by atoms with Gasteiger partial charge in [0.05, 0.1) is 0 Å². The molecule has 1 aliphatic heterocycles. The summed E-state index contributed by atoms with van der Waals surface area (Å²) in [6.07, 6.45) is 6.00. The van der Waals surface area contributed by atoms with Crippen molar-refractivity contribution in [3.63, 3.8) is 0 Å². The van der Waals surface area contributed by atoms with Gasteiger partial charge in [0, 0.05) is 24.9 Å². The minimum atomic E-state index is -0.273. The lowest BCUT2D eigenvalue weighted by Crippen LogP contribution is -2.51. The van der Waals surface area contributed by atoms with Crippen molar-refractivity contribution >= 4 is 23.5 Å². The number of likely N-dealkylation sites (tertiary alicyclic amines) is 1. The van der Waals surface area contributed by atoms with Gasteiger partial charge in [0.25, 0.3) is 0 Å². The van der Waals surface area contributed by atoms with Gasteiger partial charge in [-0.3, -0.25) is 10.1 Å². The summed E-state index contributed by atoms with van der Waals surface area (Å²) in [5, 5.41) is 2.43. The Kier molecular flexibility index (Phi) is 4.26. The number of fused-ring (bicyclic) bond motifs is 1. The lowest BCUT2D eigenvalue weighted by molar-refractivity contribution is -0.119. The van der Waals surface area contributed by atoms with Crippen LogP contribution >= 0.6 is 11.6 Å². The van der Waals surface area contributed by atoms with E-state index >= 15 is 0 Å². The van der Waals surface area contributed by atoms with E-state index < -0.39 is 0 Å². The quantitative estimate of drug-likeness (QED) is 0.772. The summed E-state index contributed by atoms with van der Waals surface area (Å²) in [4.78, 5) is 25.2. The van der Waals surface area contributed by atoms with E-state index in [1.807, 2.05) is 4.90 Å². The second-order valence-corrected chi connectivity index (χ2v) is 5.26. The van der Waals surface area contributed by atoms with E-state index in [-0.39, 0.29) is 24.2 Å². The van der Waals surface area contributed by atoms with Crippen LogP contribution < -0.4 is 5.32 Å². The van der Waals surface area contributed by atoms with Crippen molar-refractivity contribution in [3.05, 3.63) is 0 Å². The summed E-state index contributed by atoms with van der Waals surface area (Å²) in [7, 11) is 0. The van der Waals surface area contributed by atoms with Gasteiger partial charge >= 0.3 is 6.03 Å². The summed E-state index contributed by atoms with van der Waals surface area (Å²) >= 11 is 5.47. The zero-order chi connectivity index (χ0) is 12.3. The number of piperidine rings is 1. The van der Waals surface area contributed by atoms with Gasteiger partial charge in [0.15, 0.2) is 0 Å². The van der Waals surface area contributed by atoms with E-state index in [4.69, 9.17) is 11.6 Å². The third kappa shape index (κ3) is 2.92. The minimum Gasteiger partial charge on any atom is -0.321 e. The van der Waals surface area contributed by atoms with Gasteiger partial charge in [-0.15, -0.1) is 11.6 Å². The first kappa shape index (κ1) is 12.7. The molecule has 0 bridgehead atoms. The third-order valence-electron chi connectivity index (χ3n) is 3.82. The number of alkyl halides is 1. The maximum absolute atomic E-state index is 12.0. The molecule has 96 valence electrons. The second kappa shape index (κ2) is 5.71. The van der Waals surface area contributed by atoms with E-state index in [9.17, 15) is 9.59 Å². The number of imide groups is 1. The first-order valence-corrected chi connectivity index (χ1v) is 6.92. The molecule has 1 N–H and O–H groups in total. The van der Waals surface area contributed by atoms with Gasteiger partial charge in [-0.1, -0.05) is 6.42 Å². The molecule has 2 fully saturated rings. The van der Waals surface area contributed by atoms with Gasteiger partial charge < -0.3 is 4.90 Å². The van der Waals surface area contributed by atoms with Crippen LogP contribution in [-0.4, -0.2) is 35.3 Å². The first-order chi connectivity index (χ1) is 8.22. The van der Waals surface area contributed by atoms with Crippen molar-refractivity contribution < 1.29 is 9.59 Å². The highest BCUT2D eigenvalue weighted by Gasteiger charge is 2.37. The molecular formula is C12H19ClN2O2. The number of carbonyl (C=O) groups is 2. The smallest absolute Gasteiger partial charge is 0.321 e. The van der Waals surface area contributed by atoms with Crippen LogP contribution in [0.2, 0.25) is 0 Å². The number of halogens is 1. The van der Waals surface area contributed by atoms with E-state index in [1.165, 1.54) is 19.3 Å². The summed E-state index contributed by atoms with van der Waals surface area (Å²) in [6.45, 7) is 0.779. The summed E-state index contributed by atoms with van der Waals surface area (Å²) in [5.74, 6) is 0.633. The molecule has 2 aliphatic rings. The maximum atomic E-state index is 12.0. The van der Waals surface area contributed by atoms with Crippen molar-refractivity contribution in [2.24, 2.45) is 5.92 Å². The fraction of sp³-hybridized carbons (Fsp3) is 0.833. The standard InChI is InChI=1S/C12H19ClN2O2/c13-7-6-11(16)14-12(17)15-8-2-4-9-3-1-5-10(9)15/h9-10H,1-8H2,(H,14,16,17). The molecule has 5 heteroatoms. The van der Waals surface area contributed by atoms with Crippen molar-refractivity contribution in [3.8, 4) is 0 Å². The average molecular weight is 259 g/mol. The Balaban J connectivity index is 1.91. The number of urea groups is 1. The molecule has 0 spiro atoms. The molecule has 0 aromatic heterocycles. The highest BCUT2D eigenvalue weighted by Crippen LogP contribution is 2.36. The van der Waals surface area contributed by atoms with E-state index in [2.05, 4.69) is 5.32 Å². The Labute approximate surface area is 107 Å². The van der Waals surface area contributed by atoms with Crippen LogP contribution in [0.4, 0.5) is 4.79 Å². The molecule has 2 atom stereocenters. The van der Waals surface area contributed by atoms with Gasteiger partial charge in [0.1, 0.15) is 0 Å². The molecule has 2 unspecified atom stereocenters. The predicted molar refractivity (Wildman–Crippen MR) is 65.9 cm³/mol. The normalized spacial score (nSPS) is 27.7. The number of nitrogens with zero attached hydrogens (tertiary/aromatic N) is 1. The summed E-state index contributed by atoms with van der Waals surface area (Å²) in [5.41, 5.74) is 0. The molecule has 1 saturated carbocycles. The summed E-state index contributed by atoms with van der Waals surface area (Å²) in [6, 6.07) is 0.129. The van der Waals surface area contributed by atoms with E-state index in [0.717, 1.165) is 19.4 Å². The van der Waals surface area contributed by atoms with E-state index in [1.54, 1.807) is 0 Å². The average Bonchev–Trinajstić information content (AvgIpc) is 2.76. The largest absolute Gasteiger partial charge is 0.324 e. The number of hydrogen-bond acceptors (Lipinski definition) is 2. The predicted octanol–water partition coefficient (Wildman–Crippen LogP) is 2.12. The SMILES string of the molecule is O=C(CCCl)NC(=O)N1CCCC2CCCC21. The maximum Gasteiger partial charge on any atom is 0.324 e. The number of carbonyl (C=O) groups excluding carboxylic acids is 2.